The van der Waals surface area contributed by atoms with Crippen LogP contribution in [0.3, 0.4) is 0 Å². The van der Waals surface area contributed by atoms with Gasteiger partial charge in [0.15, 0.2) is 0 Å². The standard InChI is InChI=1S/C18H21FN4O2/c19-14-2-1-10-8-22(15-3-4-16(24)21-18(15)25)9-13(10)17(14)23-11-5-12(23)7-20-6-11/h1-2,11-12,15,20H,3-9H2,(H,21,24,25). The molecule has 2 N–H and O–H groups in total. The van der Waals surface area contributed by atoms with Gasteiger partial charge in [-0.2, -0.15) is 0 Å². The third-order valence-corrected chi connectivity index (χ3v) is 6.07. The molecule has 0 aromatic heterocycles. The van der Waals surface area contributed by atoms with Gasteiger partial charge in [0.05, 0.1) is 11.7 Å². The van der Waals surface area contributed by atoms with Crippen LogP contribution >= 0.6 is 0 Å². The summed E-state index contributed by atoms with van der Waals surface area (Å²) in [5, 5.41) is 5.81. The summed E-state index contributed by atoms with van der Waals surface area (Å²) in [5.74, 6) is -0.595. The first-order chi connectivity index (χ1) is 12.1. The predicted molar refractivity (Wildman–Crippen MR) is 89.4 cm³/mol. The summed E-state index contributed by atoms with van der Waals surface area (Å²) in [6.07, 6.45) is 2.02. The lowest BCUT2D eigenvalue weighted by Crippen LogP contribution is -2.68. The molecule has 132 valence electrons. The average molecular weight is 344 g/mol. The van der Waals surface area contributed by atoms with E-state index < -0.39 is 0 Å². The summed E-state index contributed by atoms with van der Waals surface area (Å²) >= 11 is 0. The number of carbonyl (C=O) groups is 2. The van der Waals surface area contributed by atoms with Gasteiger partial charge in [0.1, 0.15) is 5.82 Å². The maximum absolute atomic E-state index is 14.7. The molecule has 3 saturated heterocycles. The number of imide groups is 1. The van der Waals surface area contributed by atoms with Crippen molar-refractivity contribution in [3.63, 3.8) is 0 Å². The van der Waals surface area contributed by atoms with E-state index in [2.05, 4.69) is 20.4 Å². The number of hydrogen-bond donors (Lipinski definition) is 2. The molecule has 3 fully saturated rings. The largest absolute Gasteiger partial charge is 0.360 e. The molecule has 1 aromatic rings. The number of amides is 2. The summed E-state index contributed by atoms with van der Waals surface area (Å²) in [6, 6.07) is 3.82. The van der Waals surface area contributed by atoms with Crippen molar-refractivity contribution in [2.24, 2.45) is 0 Å². The van der Waals surface area contributed by atoms with Crippen LogP contribution in [0, 0.1) is 5.82 Å². The number of carbonyl (C=O) groups excluding carboxylic acids is 2. The summed E-state index contributed by atoms with van der Waals surface area (Å²) in [5.41, 5.74) is 2.84. The van der Waals surface area contributed by atoms with E-state index in [4.69, 9.17) is 0 Å². The Kier molecular flexibility index (Phi) is 3.36. The van der Waals surface area contributed by atoms with Crippen molar-refractivity contribution in [1.29, 1.82) is 0 Å². The Morgan fingerprint density at radius 1 is 1.12 bits per heavy atom. The second-order valence-electron chi connectivity index (χ2n) is 7.51. The lowest BCUT2D eigenvalue weighted by atomic mass is 9.86. The summed E-state index contributed by atoms with van der Waals surface area (Å²) in [4.78, 5) is 27.9. The van der Waals surface area contributed by atoms with Crippen LogP contribution in [0.15, 0.2) is 12.1 Å². The minimum Gasteiger partial charge on any atom is -0.360 e. The van der Waals surface area contributed by atoms with Crippen LogP contribution in [0.1, 0.15) is 30.4 Å². The maximum Gasteiger partial charge on any atom is 0.243 e. The van der Waals surface area contributed by atoms with E-state index in [9.17, 15) is 14.0 Å². The van der Waals surface area contributed by atoms with Gasteiger partial charge in [-0.15, -0.1) is 0 Å². The Balaban J connectivity index is 1.44. The van der Waals surface area contributed by atoms with Gasteiger partial charge in [-0.05, 0) is 30.0 Å². The molecule has 25 heavy (non-hydrogen) atoms. The van der Waals surface area contributed by atoms with Crippen molar-refractivity contribution < 1.29 is 14.0 Å². The molecule has 4 aliphatic heterocycles. The maximum atomic E-state index is 14.7. The molecule has 7 heteroatoms. The number of nitrogens with zero attached hydrogens (tertiary/aromatic N) is 2. The van der Waals surface area contributed by atoms with Crippen molar-refractivity contribution in [2.45, 2.75) is 50.5 Å². The third kappa shape index (κ3) is 2.29. The van der Waals surface area contributed by atoms with E-state index in [0.29, 0.717) is 38.0 Å². The van der Waals surface area contributed by atoms with E-state index >= 15 is 0 Å². The molecular weight excluding hydrogens is 323 g/mol. The molecule has 6 nitrogen and oxygen atoms in total. The highest BCUT2D eigenvalue weighted by Gasteiger charge is 2.45. The summed E-state index contributed by atoms with van der Waals surface area (Å²) in [6.45, 7) is 3.00. The molecule has 3 unspecified atom stereocenters. The van der Waals surface area contributed by atoms with Crippen molar-refractivity contribution in [3.05, 3.63) is 29.1 Å². The van der Waals surface area contributed by atoms with Crippen LogP contribution in [0.2, 0.25) is 0 Å². The van der Waals surface area contributed by atoms with Gasteiger partial charge < -0.3 is 10.2 Å². The van der Waals surface area contributed by atoms with Gasteiger partial charge >= 0.3 is 0 Å². The number of fused-ring (bicyclic) bond motifs is 3. The quantitative estimate of drug-likeness (QED) is 0.765. The Morgan fingerprint density at radius 2 is 1.92 bits per heavy atom. The van der Waals surface area contributed by atoms with Crippen LogP contribution in [0.25, 0.3) is 0 Å². The zero-order valence-electron chi connectivity index (χ0n) is 13.9. The number of rotatable bonds is 2. The Morgan fingerprint density at radius 3 is 2.64 bits per heavy atom. The van der Waals surface area contributed by atoms with Crippen LogP contribution in [-0.2, 0) is 22.7 Å². The number of piperidine rings is 2. The highest BCUT2D eigenvalue weighted by Crippen LogP contribution is 2.42. The zero-order chi connectivity index (χ0) is 17.1. The Hall–Kier alpha value is -1.99. The number of nitrogens with one attached hydrogen (secondary N) is 2. The van der Waals surface area contributed by atoms with Crippen molar-refractivity contribution in [1.82, 2.24) is 15.5 Å². The minimum absolute atomic E-state index is 0.166. The number of hydrogen-bond acceptors (Lipinski definition) is 5. The van der Waals surface area contributed by atoms with Gasteiger partial charge in [0.25, 0.3) is 0 Å². The second-order valence-corrected chi connectivity index (χ2v) is 7.51. The van der Waals surface area contributed by atoms with Crippen molar-refractivity contribution in [3.8, 4) is 0 Å². The van der Waals surface area contributed by atoms with Crippen LogP contribution in [0.4, 0.5) is 10.1 Å². The molecule has 2 bridgehead atoms. The monoisotopic (exact) mass is 344 g/mol. The van der Waals surface area contributed by atoms with Gasteiger partial charge in [0, 0.05) is 44.7 Å². The normalized spacial score (nSPS) is 31.6. The van der Waals surface area contributed by atoms with E-state index in [1.54, 1.807) is 6.07 Å². The van der Waals surface area contributed by atoms with Crippen LogP contribution in [0.5, 0.6) is 0 Å². The fourth-order valence-electron chi connectivity index (χ4n) is 4.83. The molecule has 0 saturated carbocycles. The minimum atomic E-state index is -0.307. The zero-order valence-corrected chi connectivity index (χ0v) is 13.9. The molecule has 4 aliphatic rings. The Bertz CT molecular complexity index is 754. The third-order valence-electron chi connectivity index (χ3n) is 6.07. The first-order valence-corrected chi connectivity index (χ1v) is 8.99. The molecule has 0 aliphatic carbocycles. The van der Waals surface area contributed by atoms with Gasteiger partial charge in [-0.1, -0.05) is 6.07 Å². The smallest absolute Gasteiger partial charge is 0.243 e. The second kappa shape index (κ2) is 5.51. The highest BCUT2D eigenvalue weighted by atomic mass is 19.1. The molecule has 0 spiro atoms. The number of benzene rings is 1. The lowest BCUT2D eigenvalue weighted by molar-refractivity contribution is -0.137. The lowest BCUT2D eigenvalue weighted by Gasteiger charge is -2.55. The van der Waals surface area contributed by atoms with E-state index in [-0.39, 0.29) is 23.7 Å². The fraction of sp³-hybridized carbons (Fsp3) is 0.556. The fourth-order valence-corrected chi connectivity index (χ4v) is 4.83. The van der Waals surface area contributed by atoms with E-state index in [1.165, 1.54) is 0 Å². The molecular formula is C18H21FN4O2. The van der Waals surface area contributed by atoms with Gasteiger partial charge in [-0.25, -0.2) is 4.39 Å². The number of anilines is 1. The van der Waals surface area contributed by atoms with Gasteiger partial charge in [-0.3, -0.25) is 19.8 Å². The van der Waals surface area contributed by atoms with E-state index in [1.807, 2.05) is 6.07 Å². The first-order valence-electron chi connectivity index (χ1n) is 8.99. The molecule has 3 atom stereocenters. The SMILES string of the molecule is O=C1CCC(N2Cc3ccc(F)c(N4C5CNCC4C5)c3C2)C(=O)N1. The average Bonchev–Trinajstić information content (AvgIpc) is 3.02. The summed E-state index contributed by atoms with van der Waals surface area (Å²) in [7, 11) is 0. The molecule has 2 amide bonds. The highest BCUT2D eigenvalue weighted by molar-refractivity contribution is 6.00. The van der Waals surface area contributed by atoms with Gasteiger partial charge in [0.2, 0.25) is 11.8 Å². The van der Waals surface area contributed by atoms with Crippen LogP contribution < -0.4 is 15.5 Å². The summed E-state index contributed by atoms with van der Waals surface area (Å²) < 4.78 is 14.7. The molecule has 4 heterocycles. The molecule has 1 aromatic carbocycles. The van der Waals surface area contributed by atoms with E-state index in [0.717, 1.165) is 36.3 Å². The Labute approximate surface area is 145 Å². The van der Waals surface area contributed by atoms with Crippen LogP contribution in [-0.4, -0.2) is 47.9 Å². The predicted octanol–water partition coefficient (Wildman–Crippen LogP) is 0.497. The molecule has 0 radical (unpaired) electrons. The first kappa shape index (κ1) is 15.3. The van der Waals surface area contributed by atoms with Crippen molar-refractivity contribution in [2.75, 3.05) is 18.0 Å². The topological polar surface area (TPSA) is 64.7 Å². The number of piperazine rings is 1. The number of halogens is 1. The van der Waals surface area contributed by atoms with Crippen molar-refractivity contribution >= 4 is 17.5 Å². The molecule has 5 rings (SSSR count).